The van der Waals surface area contributed by atoms with Gasteiger partial charge in [0.25, 0.3) is 0 Å². The fourth-order valence-corrected chi connectivity index (χ4v) is 5.25. The number of halogens is 2. The number of benzene rings is 2. The summed E-state index contributed by atoms with van der Waals surface area (Å²) in [5, 5.41) is 5.46. The summed E-state index contributed by atoms with van der Waals surface area (Å²) in [6.07, 6.45) is 3.76. The number of anilines is 1. The normalized spacial score (nSPS) is 24.1. The summed E-state index contributed by atoms with van der Waals surface area (Å²) in [6, 6.07) is 8.31. The number of ether oxygens (including phenoxy) is 2. The van der Waals surface area contributed by atoms with E-state index in [0.717, 1.165) is 36.9 Å². The summed E-state index contributed by atoms with van der Waals surface area (Å²) in [5.74, 6) is -0.727. The van der Waals surface area contributed by atoms with Gasteiger partial charge in [-0.2, -0.15) is 0 Å². The van der Waals surface area contributed by atoms with Crippen LogP contribution in [-0.2, 0) is 10.2 Å². The first-order valence-corrected chi connectivity index (χ1v) is 10.9. The van der Waals surface area contributed by atoms with Gasteiger partial charge in [0.1, 0.15) is 0 Å². The number of carbonyl (C=O) groups is 2. The maximum atomic E-state index is 13.4. The molecule has 33 heavy (non-hydrogen) atoms. The Labute approximate surface area is 191 Å². The minimum absolute atomic E-state index is 0.0876. The first kappa shape index (κ1) is 22.8. The van der Waals surface area contributed by atoms with Crippen molar-refractivity contribution < 1.29 is 27.8 Å². The molecule has 1 heterocycles. The Morgan fingerprint density at radius 2 is 1.88 bits per heavy atom. The van der Waals surface area contributed by atoms with Crippen molar-refractivity contribution in [3.05, 3.63) is 53.6 Å². The van der Waals surface area contributed by atoms with Crippen LogP contribution >= 0.6 is 0 Å². The van der Waals surface area contributed by atoms with Gasteiger partial charge in [-0.15, -0.1) is 0 Å². The van der Waals surface area contributed by atoms with E-state index in [2.05, 4.69) is 10.6 Å². The van der Waals surface area contributed by atoms with Gasteiger partial charge in [0.15, 0.2) is 23.1 Å². The van der Waals surface area contributed by atoms with Gasteiger partial charge in [0.2, 0.25) is 6.41 Å². The number of urea groups is 1. The molecular weight excluding hydrogens is 432 g/mol. The van der Waals surface area contributed by atoms with E-state index in [4.69, 9.17) is 9.47 Å². The highest BCUT2D eigenvalue weighted by Gasteiger charge is 2.51. The van der Waals surface area contributed by atoms with Gasteiger partial charge < -0.3 is 25.0 Å². The predicted molar refractivity (Wildman–Crippen MR) is 119 cm³/mol. The average molecular weight is 459 g/mol. The van der Waals surface area contributed by atoms with Crippen molar-refractivity contribution >= 4 is 18.1 Å². The zero-order valence-electron chi connectivity index (χ0n) is 18.6. The largest absolute Gasteiger partial charge is 0.493 e. The van der Waals surface area contributed by atoms with Gasteiger partial charge in [-0.1, -0.05) is 6.07 Å². The second-order valence-corrected chi connectivity index (χ2v) is 8.53. The van der Waals surface area contributed by atoms with Crippen molar-refractivity contribution in [2.24, 2.45) is 0 Å². The molecule has 2 aliphatic rings. The molecule has 176 valence electrons. The highest BCUT2D eigenvalue weighted by Crippen LogP contribution is 2.50. The molecule has 9 heteroatoms. The van der Waals surface area contributed by atoms with Crippen LogP contribution in [0.2, 0.25) is 0 Å². The lowest BCUT2D eigenvalue weighted by atomic mass is 9.65. The molecule has 0 spiro atoms. The number of fused-ring (bicyclic) bond motifs is 1. The van der Waals surface area contributed by atoms with Gasteiger partial charge in [-0.3, -0.25) is 4.79 Å². The summed E-state index contributed by atoms with van der Waals surface area (Å²) < 4.78 is 37.4. The maximum absolute atomic E-state index is 13.4. The molecule has 1 aliphatic carbocycles. The van der Waals surface area contributed by atoms with Crippen LogP contribution in [0.1, 0.15) is 31.2 Å². The molecule has 2 N–H and O–H groups in total. The van der Waals surface area contributed by atoms with Gasteiger partial charge in [0, 0.05) is 35.8 Å². The Morgan fingerprint density at radius 1 is 1.09 bits per heavy atom. The lowest BCUT2D eigenvalue weighted by Crippen LogP contribution is -2.52. The summed E-state index contributed by atoms with van der Waals surface area (Å²) >= 11 is 0. The Bertz CT molecular complexity index is 1050. The number of nitrogens with zero attached hydrogens (tertiary/aromatic N) is 1. The third-order valence-corrected chi connectivity index (χ3v) is 6.91. The zero-order valence-corrected chi connectivity index (χ0v) is 18.6. The topological polar surface area (TPSA) is 79.9 Å². The Hall–Kier alpha value is -3.36. The minimum Gasteiger partial charge on any atom is -0.493 e. The van der Waals surface area contributed by atoms with Gasteiger partial charge in [-0.05, 0) is 55.5 Å². The smallest absolute Gasteiger partial charge is 0.319 e. The van der Waals surface area contributed by atoms with Gasteiger partial charge >= 0.3 is 6.03 Å². The number of hydrogen-bond donors (Lipinski definition) is 2. The van der Waals surface area contributed by atoms with Gasteiger partial charge in [-0.25, -0.2) is 13.6 Å². The van der Waals surface area contributed by atoms with Crippen LogP contribution in [0.4, 0.5) is 19.3 Å². The summed E-state index contributed by atoms with van der Waals surface area (Å²) in [5.41, 5.74) is 1.01. The fraction of sp³-hybridized carbons (Fsp3) is 0.417. The van der Waals surface area contributed by atoms with Crippen molar-refractivity contribution in [1.82, 2.24) is 10.2 Å². The van der Waals surface area contributed by atoms with E-state index in [1.54, 1.807) is 19.1 Å². The molecule has 7 nitrogen and oxygen atoms in total. The predicted octanol–water partition coefficient (Wildman–Crippen LogP) is 3.82. The van der Waals surface area contributed by atoms with E-state index >= 15 is 0 Å². The van der Waals surface area contributed by atoms with Crippen LogP contribution in [0.25, 0.3) is 0 Å². The van der Waals surface area contributed by atoms with E-state index in [9.17, 15) is 18.4 Å². The summed E-state index contributed by atoms with van der Waals surface area (Å²) in [4.78, 5) is 26.1. The molecule has 0 radical (unpaired) electrons. The van der Waals surface area contributed by atoms with Crippen molar-refractivity contribution in [3.8, 4) is 11.5 Å². The monoisotopic (exact) mass is 459 g/mol. The minimum atomic E-state index is -1.03. The molecule has 3 unspecified atom stereocenters. The molecule has 2 aromatic carbocycles. The number of likely N-dealkylation sites (tertiary alicyclic amines) is 1. The highest BCUT2D eigenvalue weighted by atomic mass is 19.2. The van der Waals surface area contributed by atoms with Crippen LogP contribution in [0.3, 0.4) is 0 Å². The number of methoxy groups -OCH3 is 2. The molecule has 3 atom stereocenters. The van der Waals surface area contributed by atoms with Crippen LogP contribution in [0, 0.1) is 11.6 Å². The molecule has 0 aromatic heterocycles. The van der Waals surface area contributed by atoms with E-state index in [1.165, 1.54) is 6.07 Å². The molecule has 4 rings (SSSR count). The third kappa shape index (κ3) is 4.31. The van der Waals surface area contributed by atoms with E-state index in [-0.39, 0.29) is 23.2 Å². The van der Waals surface area contributed by atoms with E-state index < -0.39 is 17.7 Å². The SMILES string of the molecule is COc1ccc(C23CCC(NC(=O)Nc4ccc(F)c(F)c4)CC2N(C=O)CC3)cc1OC. The number of hydrogen-bond acceptors (Lipinski definition) is 4. The van der Waals surface area contributed by atoms with E-state index in [1.807, 2.05) is 18.2 Å². The van der Waals surface area contributed by atoms with Crippen molar-refractivity contribution in [2.75, 3.05) is 26.1 Å². The number of rotatable bonds is 6. The molecule has 1 aliphatic heterocycles. The summed E-state index contributed by atoms with van der Waals surface area (Å²) in [7, 11) is 3.18. The molecule has 1 saturated carbocycles. The second kappa shape index (κ2) is 9.25. The van der Waals surface area contributed by atoms with Crippen LogP contribution in [0.15, 0.2) is 36.4 Å². The van der Waals surface area contributed by atoms with Gasteiger partial charge in [0.05, 0.1) is 14.2 Å². The molecular formula is C24H27F2N3O4. The average Bonchev–Trinajstić information content (AvgIpc) is 3.20. The van der Waals surface area contributed by atoms with Crippen LogP contribution in [0.5, 0.6) is 11.5 Å². The third-order valence-electron chi connectivity index (χ3n) is 6.91. The van der Waals surface area contributed by atoms with Crippen LogP contribution < -0.4 is 20.1 Å². The number of amides is 3. The van der Waals surface area contributed by atoms with Crippen LogP contribution in [-0.4, -0.2) is 50.2 Å². The fourth-order valence-electron chi connectivity index (χ4n) is 5.25. The Balaban J connectivity index is 1.50. The first-order chi connectivity index (χ1) is 15.9. The zero-order chi connectivity index (χ0) is 23.6. The quantitative estimate of drug-likeness (QED) is 0.644. The molecule has 2 aromatic rings. The first-order valence-electron chi connectivity index (χ1n) is 10.9. The lowest BCUT2D eigenvalue weighted by Gasteiger charge is -2.44. The lowest BCUT2D eigenvalue weighted by molar-refractivity contribution is -0.119. The Kier molecular flexibility index (Phi) is 6.40. The molecule has 1 saturated heterocycles. The second-order valence-electron chi connectivity index (χ2n) is 8.53. The highest BCUT2D eigenvalue weighted by molar-refractivity contribution is 5.89. The van der Waals surface area contributed by atoms with Crippen molar-refractivity contribution in [3.63, 3.8) is 0 Å². The van der Waals surface area contributed by atoms with Crippen molar-refractivity contribution in [2.45, 2.75) is 43.2 Å². The number of carbonyl (C=O) groups excluding carboxylic acids is 2. The standard InChI is InChI=1S/C24H27F2N3O4/c1-32-20-6-3-15(11-21(20)33-2)24-8-7-17(13-22(24)29(14-30)10-9-24)28-23(31)27-16-4-5-18(25)19(26)12-16/h3-6,11-12,14,17,22H,7-10,13H2,1-2H3,(H2,27,28,31). The maximum Gasteiger partial charge on any atom is 0.319 e. The van der Waals surface area contributed by atoms with Crippen molar-refractivity contribution in [1.29, 1.82) is 0 Å². The molecule has 0 bridgehead atoms. The summed E-state index contributed by atoms with van der Waals surface area (Å²) in [6.45, 7) is 0.635. The Morgan fingerprint density at radius 3 is 2.58 bits per heavy atom. The number of nitrogens with one attached hydrogen (secondary N) is 2. The molecule has 3 amide bonds. The van der Waals surface area contributed by atoms with E-state index in [0.29, 0.717) is 30.9 Å². The molecule has 2 fully saturated rings.